The predicted octanol–water partition coefficient (Wildman–Crippen LogP) is 0.454. The highest BCUT2D eigenvalue weighted by Gasteiger charge is 2.19. The standard InChI is InChI=1S/C11H15NO5/c1-12-6-7(4-8(12)11(15)17-3)5-9(16-2)10(13)14/h4,6,9H,5H2,1-3H3,(H,13,14). The third kappa shape index (κ3) is 3.07. The molecule has 0 saturated carbocycles. The first-order valence-corrected chi connectivity index (χ1v) is 4.98. The number of hydrogen-bond donors (Lipinski definition) is 1. The van der Waals surface area contributed by atoms with Gasteiger partial charge in [-0.15, -0.1) is 0 Å². The fourth-order valence-corrected chi connectivity index (χ4v) is 1.54. The summed E-state index contributed by atoms with van der Waals surface area (Å²) in [4.78, 5) is 22.1. The van der Waals surface area contributed by atoms with Gasteiger partial charge in [0.2, 0.25) is 0 Å². The molecule has 0 radical (unpaired) electrons. The molecule has 1 atom stereocenters. The lowest BCUT2D eigenvalue weighted by Gasteiger charge is -2.08. The Kier molecular flexibility index (Phi) is 4.28. The number of carboxylic acids is 1. The summed E-state index contributed by atoms with van der Waals surface area (Å²) < 4.78 is 11.0. The Hall–Kier alpha value is -1.82. The van der Waals surface area contributed by atoms with Gasteiger partial charge in [-0.1, -0.05) is 0 Å². The van der Waals surface area contributed by atoms with E-state index in [1.165, 1.54) is 14.2 Å². The first-order chi connectivity index (χ1) is 7.99. The Bertz CT molecular complexity index is 423. The molecule has 6 nitrogen and oxygen atoms in total. The fraction of sp³-hybridized carbons (Fsp3) is 0.455. The summed E-state index contributed by atoms with van der Waals surface area (Å²) in [6.07, 6.45) is 0.973. The molecule has 0 fully saturated rings. The highest BCUT2D eigenvalue weighted by Crippen LogP contribution is 2.12. The van der Waals surface area contributed by atoms with E-state index in [0.29, 0.717) is 11.3 Å². The largest absolute Gasteiger partial charge is 0.479 e. The molecule has 0 saturated heterocycles. The van der Waals surface area contributed by atoms with Crippen LogP contribution in [0.2, 0.25) is 0 Å². The Balaban J connectivity index is 2.86. The third-order valence-electron chi connectivity index (χ3n) is 2.44. The summed E-state index contributed by atoms with van der Waals surface area (Å²) in [5.41, 5.74) is 1.09. The van der Waals surface area contributed by atoms with E-state index in [-0.39, 0.29) is 6.42 Å². The van der Waals surface area contributed by atoms with Gasteiger partial charge >= 0.3 is 11.9 Å². The number of hydrogen-bond acceptors (Lipinski definition) is 4. The average molecular weight is 241 g/mol. The number of aromatic nitrogens is 1. The van der Waals surface area contributed by atoms with Crippen LogP contribution in [0.5, 0.6) is 0 Å². The van der Waals surface area contributed by atoms with E-state index < -0.39 is 18.0 Å². The molecule has 0 aliphatic heterocycles. The number of methoxy groups -OCH3 is 2. The molecular formula is C11H15NO5. The van der Waals surface area contributed by atoms with E-state index in [2.05, 4.69) is 4.74 Å². The van der Waals surface area contributed by atoms with Gasteiger partial charge in [0.15, 0.2) is 6.10 Å². The van der Waals surface area contributed by atoms with Crippen molar-refractivity contribution in [2.75, 3.05) is 14.2 Å². The van der Waals surface area contributed by atoms with Gasteiger partial charge < -0.3 is 19.1 Å². The second-order valence-corrected chi connectivity index (χ2v) is 3.60. The SMILES string of the molecule is COC(=O)c1cc(CC(OC)C(=O)O)cn1C. The summed E-state index contributed by atoms with van der Waals surface area (Å²) in [7, 11) is 4.32. The number of carboxylic acid groups (broad SMARTS) is 1. The van der Waals surface area contributed by atoms with Gasteiger partial charge in [0.25, 0.3) is 0 Å². The maximum absolute atomic E-state index is 11.3. The lowest BCUT2D eigenvalue weighted by Crippen LogP contribution is -2.24. The molecule has 0 aliphatic rings. The van der Waals surface area contributed by atoms with Crippen LogP contribution in [-0.2, 0) is 27.7 Å². The number of carbonyl (C=O) groups excluding carboxylic acids is 1. The van der Waals surface area contributed by atoms with Gasteiger partial charge in [-0.25, -0.2) is 9.59 Å². The number of aryl methyl sites for hydroxylation is 1. The van der Waals surface area contributed by atoms with Crippen LogP contribution in [0.1, 0.15) is 16.1 Å². The molecule has 1 aromatic heterocycles. The number of rotatable bonds is 5. The molecule has 1 N–H and O–H groups in total. The van der Waals surface area contributed by atoms with Crippen LogP contribution in [0, 0.1) is 0 Å². The molecule has 17 heavy (non-hydrogen) atoms. The van der Waals surface area contributed by atoms with Gasteiger partial charge in [-0.3, -0.25) is 0 Å². The number of nitrogens with zero attached hydrogens (tertiary/aromatic N) is 1. The summed E-state index contributed by atoms with van der Waals surface area (Å²) in [5, 5.41) is 8.84. The number of carbonyl (C=O) groups is 2. The first kappa shape index (κ1) is 13.2. The molecule has 94 valence electrons. The quantitative estimate of drug-likeness (QED) is 0.757. The minimum absolute atomic E-state index is 0.205. The van der Waals surface area contributed by atoms with Crippen molar-refractivity contribution in [3.63, 3.8) is 0 Å². The van der Waals surface area contributed by atoms with Crippen molar-refractivity contribution in [3.05, 3.63) is 23.5 Å². The van der Waals surface area contributed by atoms with Crippen LogP contribution in [-0.4, -0.2) is 41.9 Å². The van der Waals surface area contributed by atoms with Crippen LogP contribution in [0.4, 0.5) is 0 Å². The Morgan fingerprint density at radius 1 is 1.47 bits per heavy atom. The smallest absolute Gasteiger partial charge is 0.354 e. The molecular weight excluding hydrogens is 226 g/mol. The molecule has 6 heteroatoms. The van der Waals surface area contributed by atoms with Crippen LogP contribution in [0.3, 0.4) is 0 Å². The van der Waals surface area contributed by atoms with Crippen molar-refractivity contribution in [2.45, 2.75) is 12.5 Å². The first-order valence-electron chi connectivity index (χ1n) is 4.98. The summed E-state index contributed by atoms with van der Waals surface area (Å²) in [6, 6.07) is 1.60. The van der Waals surface area contributed by atoms with E-state index in [4.69, 9.17) is 9.84 Å². The zero-order valence-electron chi connectivity index (χ0n) is 9.97. The molecule has 1 aromatic rings. The topological polar surface area (TPSA) is 77.8 Å². The van der Waals surface area contributed by atoms with Crippen molar-refractivity contribution in [1.29, 1.82) is 0 Å². The Morgan fingerprint density at radius 2 is 2.12 bits per heavy atom. The zero-order chi connectivity index (χ0) is 13.0. The van der Waals surface area contributed by atoms with Crippen LogP contribution >= 0.6 is 0 Å². The van der Waals surface area contributed by atoms with E-state index in [0.717, 1.165) is 0 Å². The number of ether oxygens (including phenoxy) is 2. The van der Waals surface area contributed by atoms with E-state index >= 15 is 0 Å². The molecule has 0 aliphatic carbocycles. The number of aliphatic carboxylic acids is 1. The zero-order valence-corrected chi connectivity index (χ0v) is 9.97. The summed E-state index contributed by atoms with van der Waals surface area (Å²) in [5.74, 6) is -1.49. The minimum atomic E-state index is -1.03. The lowest BCUT2D eigenvalue weighted by atomic mass is 10.1. The van der Waals surface area contributed by atoms with Gasteiger partial charge in [0.05, 0.1) is 7.11 Å². The Labute approximate surface area is 98.7 Å². The second kappa shape index (κ2) is 5.49. The summed E-state index contributed by atoms with van der Waals surface area (Å²) in [6.45, 7) is 0. The fourth-order valence-electron chi connectivity index (χ4n) is 1.54. The van der Waals surface area contributed by atoms with Crippen molar-refractivity contribution in [2.24, 2.45) is 7.05 Å². The maximum atomic E-state index is 11.3. The average Bonchev–Trinajstić information content (AvgIpc) is 2.65. The van der Waals surface area contributed by atoms with Gasteiger partial charge in [0.1, 0.15) is 5.69 Å². The highest BCUT2D eigenvalue weighted by atomic mass is 16.5. The minimum Gasteiger partial charge on any atom is -0.479 e. The molecule has 0 amide bonds. The normalized spacial score (nSPS) is 12.2. The second-order valence-electron chi connectivity index (χ2n) is 3.60. The third-order valence-corrected chi connectivity index (χ3v) is 2.44. The maximum Gasteiger partial charge on any atom is 0.354 e. The summed E-state index contributed by atoms with van der Waals surface area (Å²) >= 11 is 0. The monoisotopic (exact) mass is 241 g/mol. The van der Waals surface area contributed by atoms with Gasteiger partial charge in [-0.05, 0) is 11.6 Å². The van der Waals surface area contributed by atoms with E-state index in [9.17, 15) is 9.59 Å². The van der Waals surface area contributed by atoms with Gasteiger partial charge in [-0.2, -0.15) is 0 Å². The van der Waals surface area contributed by atoms with E-state index in [1.807, 2.05) is 0 Å². The van der Waals surface area contributed by atoms with Crippen molar-refractivity contribution >= 4 is 11.9 Å². The lowest BCUT2D eigenvalue weighted by molar-refractivity contribution is -0.148. The van der Waals surface area contributed by atoms with Crippen molar-refractivity contribution < 1.29 is 24.2 Å². The van der Waals surface area contributed by atoms with Crippen LogP contribution in [0.15, 0.2) is 12.3 Å². The van der Waals surface area contributed by atoms with Crippen molar-refractivity contribution in [1.82, 2.24) is 4.57 Å². The highest BCUT2D eigenvalue weighted by molar-refractivity contribution is 5.88. The molecule has 0 aromatic carbocycles. The van der Waals surface area contributed by atoms with E-state index in [1.54, 1.807) is 23.9 Å². The van der Waals surface area contributed by atoms with Crippen LogP contribution in [0.25, 0.3) is 0 Å². The molecule has 1 rings (SSSR count). The number of esters is 1. The van der Waals surface area contributed by atoms with Crippen molar-refractivity contribution in [3.8, 4) is 0 Å². The molecule has 0 bridgehead atoms. The molecule has 1 heterocycles. The molecule has 0 spiro atoms. The Morgan fingerprint density at radius 3 is 2.59 bits per heavy atom. The predicted molar refractivity (Wildman–Crippen MR) is 58.9 cm³/mol. The van der Waals surface area contributed by atoms with Gasteiger partial charge in [0, 0.05) is 26.8 Å². The molecule has 1 unspecified atom stereocenters. The van der Waals surface area contributed by atoms with Crippen LogP contribution < -0.4 is 0 Å².